The van der Waals surface area contributed by atoms with E-state index in [9.17, 15) is 9.59 Å². The zero-order valence-electron chi connectivity index (χ0n) is 21.9. The Morgan fingerprint density at radius 2 is 1.47 bits per heavy atom. The lowest BCUT2D eigenvalue weighted by atomic mass is 9.93. The summed E-state index contributed by atoms with van der Waals surface area (Å²) in [7, 11) is 1.61. The molecule has 0 aliphatic heterocycles. The predicted octanol–water partition coefficient (Wildman–Crippen LogP) is 6.25. The molecule has 1 heterocycles. The van der Waals surface area contributed by atoms with Crippen LogP contribution in [-0.4, -0.2) is 35.3 Å². The molecule has 36 heavy (non-hydrogen) atoms. The molecule has 1 atom stereocenters. The first-order valence-corrected chi connectivity index (χ1v) is 12.9. The predicted molar refractivity (Wildman–Crippen MR) is 146 cm³/mol. The van der Waals surface area contributed by atoms with Crippen molar-refractivity contribution in [3.8, 4) is 16.3 Å². The fourth-order valence-corrected chi connectivity index (χ4v) is 4.58. The Balaban J connectivity index is 1.72. The van der Waals surface area contributed by atoms with E-state index in [0.717, 1.165) is 28.1 Å². The van der Waals surface area contributed by atoms with E-state index in [1.165, 1.54) is 11.3 Å². The molecule has 0 spiro atoms. The smallest absolute Gasteiger partial charge is 0.319 e. The number of hydrogen-bond acceptors (Lipinski definition) is 6. The summed E-state index contributed by atoms with van der Waals surface area (Å²) in [5.74, 6) is 0.729. The molecule has 0 bridgehead atoms. The lowest BCUT2D eigenvalue weighted by molar-refractivity contribution is -0.118. The first-order chi connectivity index (χ1) is 17.1. The fraction of sp³-hybridized carbons (Fsp3) is 0.407. The number of rotatable bonds is 9. The Morgan fingerprint density at radius 3 is 2.00 bits per heavy atom. The zero-order valence-corrected chi connectivity index (χ0v) is 22.7. The highest BCUT2D eigenvalue weighted by molar-refractivity contribution is 7.18. The second-order valence-corrected chi connectivity index (χ2v) is 10.5. The molecule has 3 aromatic rings. The third kappa shape index (κ3) is 6.60. The van der Waals surface area contributed by atoms with Crippen LogP contribution in [0, 0.1) is 5.92 Å². The van der Waals surface area contributed by atoms with Crippen LogP contribution in [0.25, 0.3) is 10.6 Å². The molecule has 3 N–H and O–H groups in total. The monoisotopic (exact) mass is 509 g/mol. The normalized spacial score (nSPS) is 12.1. The number of anilines is 2. The highest BCUT2D eigenvalue weighted by Crippen LogP contribution is 2.32. The van der Waals surface area contributed by atoms with Gasteiger partial charge in [0, 0.05) is 11.3 Å². The number of benzene rings is 2. The molecular formula is C27H35N5O3S. The van der Waals surface area contributed by atoms with Gasteiger partial charge in [-0.25, -0.2) is 4.79 Å². The van der Waals surface area contributed by atoms with Gasteiger partial charge in [-0.05, 0) is 53.1 Å². The summed E-state index contributed by atoms with van der Waals surface area (Å²) < 4.78 is 5.19. The summed E-state index contributed by atoms with van der Waals surface area (Å²) in [5.41, 5.74) is 3.79. The van der Waals surface area contributed by atoms with Gasteiger partial charge < -0.3 is 15.4 Å². The standard InChI is InChI=1S/C27H35N5O3S/c1-15(2)20-9-8-10-21(16(3)4)23(20)29-26(34)28-22(17(5)6)24(33)30-27-32-31-25(36-27)18-11-13-19(35-7)14-12-18/h8-17,22H,1-7H3,(H2,28,29,34)(H,30,32,33). The molecule has 1 aromatic heterocycles. The van der Waals surface area contributed by atoms with E-state index in [1.807, 2.05) is 56.3 Å². The summed E-state index contributed by atoms with van der Waals surface area (Å²) >= 11 is 1.27. The maximum Gasteiger partial charge on any atom is 0.319 e. The number of carbonyl (C=O) groups excluding carboxylic acids is 2. The molecule has 0 aliphatic rings. The van der Waals surface area contributed by atoms with E-state index in [1.54, 1.807) is 7.11 Å². The number of nitrogens with one attached hydrogen (secondary N) is 3. The van der Waals surface area contributed by atoms with Gasteiger partial charge in [-0.2, -0.15) is 0 Å². The molecule has 3 amide bonds. The summed E-state index contributed by atoms with van der Waals surface area (Å²) in [6.45, 7) is 12.1. The molecule has 0 saturated carbocycles. The first kappa shape index (κ1) is 27.1. The number of carbonyl (C=O) groups is 2. The number of urea groups is 1. The second-order valence-electron chi connectivity index (χ2n) is 9.57. The largest absolute Gasteiger partial charge is 0.497 e. The van der Waals surface area contributed by atoms with Crippen molar-refractivity contribution in [3.05, 3.63) is 53.6 Å². The van der Waals surface area contributed by atoms with Crippen LogP contribution in [0.3, 0.4) is 0 Å². The molecule has 1 unspecified atom stereocenters. The number of hydrogen-bond donors (Lipinski definition) is 3. The molecule has 0 saturated heterocycles. The third-order valence-corrected chi connectivity index (χ3v) is 6.73. The van der Waals surface area contributed by atoms with Gasteiger partial charge in [-0.3, -0.25) is 10.1 Å². The van der Waals surface area contributed by atoms with E-state index in [4.69, 9.17) is 4.74 Å². The Kier molecular flexibility index (Phi) is 9.03. The molecular weight excluding hydrogens is 474 g/mol. The average molecular weight is 510 g/mol. The van der Waals surface area contributed by atoms with Crippen molar-refractivity contribution < 1.29 is 14.3 Å². The highest BCUT2D eigenvalue weighted by atomic mass is 32.1. The minimum Gasteiger partial charge on any atom is -0.497 e. The van der Waals surface area contributed by atoms with E-state index in [0.29, 0.717) is 10.1 Å². The van der Waals surface area contributed by atoms with Crippen molar-refractivity contribution in [2.75, 3.05) is 17.7 Å². The second kappa shape index (κ2) is 12.0. The summed E-state index contributed by atoms with van der Waals surface area (Å²) in [6, 6.07) is 12.3. The van der Waals surface area contributed by atoms with Gasteiger partial charge in [0.1, 0.15) is 16.8 Å². The molecule has 192 valence electrons. The Bertz CT molecular complexity index is 1160. The minimum atomic E-state index is -0.757. The van der Waals surface area contributed by atoms with Crippen molar-refractivity contribution in [2.45, 2.75) is 59.4 Å². The van der Waals surface area contributed by atoms with Crippen molar-refractivity contribution in [2.24, 2.45) is 5.92 Å². The van der Waals surface area contributed by atoms with Crippen LogP contribution < -0.4 is 20.7 Å². The molecule has 0 radical (unpaired) electrons. The summed E-state index contributed by atoms with van der Waals surface area (Å²) in [5, 5.41) is 18.0. The number of amides is 3. The van der Waals surface area contributed by atoms with Crippen LogP contribution in [0.1, 0.15) is 64.5 Å². The quantitative estimate of drug-likeness (QED) is 0.316. The van der Waals surface area contributed by atoms with Crippen LogP contribution in [0.2, 0.25) is 0 Å². The number of para-hydroxylation sites is 1. The van der Waals surface area contributed by atoms with Gasteiger partial charge >= 0.3 is 6.03 Å². The number of methoxy groups -OCH3 is 1. The van der Waals surface area contributed by atoms with Crippen molar-refractivity contribution in [1.82, 2.24) is 15.5 Å². The van der Waals surface area contributed by atoms with Gasteiger partial charge in [0.15, 0.2) is 0 Å². The first-order valence-electron chi connectivity index (χ1n) is 12.1. The summed E-state index contributed by atoms with van der Waals surface area (Å²) in [4.78, 5) is 26.1. The molecule has 8 nitrogen and oxygen atoms in total. The van der Waals surface area contributed by atoms with Crippen LogP contribution in [0.5, 0.6) is 5.75 Å². The lowest BCUT2D eigenvalue weighted by Gasteiger charge is -2.24. The Labute approximate surface area is 216 Å². The van der Waals surface area contributed by atoms with E-state index in [-0.39, 0.29) is 23.7 Å². The van der Waals surface area contributed by atoms with Gasteiger partial charge in [0.25, 0.3) is 0 Å². The van der Waals surface area contributed by atoms with Gasteiger partial charge in [0.05, 0.1) is 7.11 Å². The Hall–Kier alpha value is -3.46. The van der Waals surface area contributed by atoms with Crippen LogP contribution in [0.4, 0.5) is 15.6 Å². The average Bonchev–Trinajstić information content (AvgIpc) is 3.30. The summed E-state index contributed by atoms with van der Waals surface area (Å²) in [6.07, 6.45) is 0. The van der Waals surface area contributed by atoms with E-state index in [2.05, 4.69) is 53.8 Å². The Morgan fingerprint density at radius 1 is 0.861 bits per heavy atom. The maximum absolute atomic E-state index is 13.1. The van der Waals surface area contributed by atoms with Gasteiger partial charge in [-0.15, -0.1) is 10.2 Å². The third-order valence-electron chi connectivity index (χ3n) is 5.84. The van der Waals surface area contributed by atoms with Gasteiger partial charge in [0.2, 0.25) is 11.0 Å². The number of nitrogens with zero attached hydrogens (tertiary/aromatic N) is 2. The topological polar surface area (TPSA) is 105 Å². The number of aromatic nitrogens is 2. The van der Waals surface area contributed by atoms with Crippen LogP contribution >= 0.6 is 11.3 Å². The fourth-order valence-electron chi connectivity index (χ4n) is 3.83. The van der Waals surface area contributed by atoms with Crippen LogP contribution in [-0.2, 0) is 4.79 Å². The van der Waals surface area contributed by atoms with E-state index < -0.39 is 12.1 Å². The van der Waals surface area contributed by atoms with Crippen LogP contribution in [0.15, 0.2) is 42.5 Å². The molecule has 0 aliphatic carbocycles. The SMILES string of the molecule is COc1ccc(-c2nnc(NC(=O)C(NC(=O)Nc3c(C(C)C)cccc3C(C)C)C(C)C)s2)cc1. The maximum atomic E-state index is 13.1. The van der Waals surface area contributed by atoms with E-state index >= 15 is 0 Å². The molecule has 3 rings (SSSR count). The zero-order chi connectivity index (χ0) is 26.4. The molecule has 2 aromatic carbocycles. The number of ether oxygens (including phenoxy) is 1. The minimum absolute atomic E-state index is 0.144. The lowest BCUT2D eigenvalue weighted by Crippen LogP contribution is -2.48. The highest BCUT2D eigenvalue weighted by Gasteiger charge is 2.26. The van der Waals surface area contributed by atoms with Crippen molar-refractivity contribution >= 4 is 34.1 Å². The van der Waals surface area contributed by atoms with Crippen molar-refractivity contribution in [1.29, 1.82) is 0 Å². The van der Waals surface area contributed by atoms with Crippen molar-refractivity contribution in [3.63, 3.8) is 0 Å². The van der Waals surface area contributed by atoms with Gasteiger partial charge in [-0.1, -0.05) is 71.1 Å². The molecule has 0 fully saturated rings. The molecule has 9 heteroatoms.